The fourth-order valence-corrected chi connectivity index (χ4v) is 2.88. The average Bonchev–Trinajstić information content (AvgIpc) is 2.59. The Morgan fingerprint density at radius 3 is 2.07 bits per heavy atom. The number of amides is 2. The number of benzene rings is 2. The molecular weight excluding hydrogens is 364 g/mol. The topological polar surface area (TPSA) is 64.4 Å². The summed E-state index contributed by atoms with van der Waals surface area (Å²) in [5.74, 6) is -4.33. The van der Waals surface area contributed by atoms with Crippen LogP contribution < -0.4 is 0 Å². The molecule has 0 saturated carbocycles. The lowest BCUT2D eigenvalue weighted by Gasteiger charge is -2.39. The number of hydrogen-bond donors (Lipinski definition) is 0. The molecule has 0 atom stereocenters. The van der Waals surface area contributed by atoms with Gasteiger partial charge in [-0.3, -0.25) is 9.59 Å². The quantitative estimate of drug-likeness (QED) is 0.438. The summed E-state index contributed by atoms with van der Waals surface area (Å²) in [6.45, 7) is 8.54. The molecule has 0 bridgehead atoms. The molecule has 0 fully saturated rings. The van der Waals surface area contributed by atoms with E-state index in [2.05, 4.69) is 0 Å². The first kappa shape index (κ1) is 21.0. The molecule has 0 heterocycles. The summed E-state index contributed by atoms with van der Waals surface area (Å²) in [7, 11) is 0. The van der Waals surface area contributed by atoms with Crippen molar-refractivity contribution in [1.82, 2.24) is 10.0 Å². The van der Waals surface area contributed by atoms with Crippen molar-refractivity contribution in [2.45, 2.75) is 40.2 Å². The number of nitriles is 1. The van der Waals surface area contributed by atoms with Crippen molar-refractivity contribution in [3.8, 4) is 6.19 Å². The second-order valence-corrected chi connectivity index (χ2v) is 7.48. The molecule has 2 amide bonds. The number of carbonyl (C=O) groups is 2. The fraction of sp³-hybridized carbons (Fsp3) is 0.286. The Morgan fingerprint density at radius 2 is 1.57 bits per heavy atom. The highest BCUT2D eigenvalue weighted by Crippen LogP contribution is 2.24. The van der Waals surface area contributed by atoms with Crippen LogP contribution in [0.15, 0.2) is 36.4 Å². The molecule has 28 heavy (non-hydrogen) atoms. The van der Waals surface area contributed by atoms with Gasteiger partial charge >= 0.3 is 0 Å². The lowest BCUT2D eigenvalue weighted by Crippen LogP contribution is -2.56. The van der Waals surface area contributed by atoms with Crippen LogP contribution >= 0.6 is 0 Å². The molecule has 146 valence electrons. The molecule has 5 nitrogen and oxygen atoms in total. The van der Waals surface area contributed by atoms with Crippen LogP contribution in [0, 0.1) is 36.9 Å². The zero-order valence-corrected chi connectivity index (χ0v) is 16.4. The van der Waals surface area contributed by atoms with Gasteiger partial charge in [0.15, 0.2) is 11.6 Å². The number of halogens is 2. The van der Waals surface area contributed by atoms with Crippen LogP contribution in [0.3, 0.4) is 0 Å². The minimum Gasteiger partial charge on any atom is -0.267 e. The predicted molar refractivity (Wildman–Crippen MR) is 100.0 cm³/mol. The Labute approximate surface area is 162 Å². The van der Waals surface area contributed by atoms with Gasteiger partial charge in [-0.15, -0.1) is 5.01 Å². The number of hydrogen-bond acceptors (Lipinski definition) is 3. The molecule has 0 radical (unpaired) electrons. The van der Waals surface area contributed by atoms with E-state index in [4.69, 9.17) is 0 Å². The van der Waals surface area contributed by atoms with Crippen LogP contribution in [0.2, 0.25) is 0 Å². The summed E-state index contributed by atoms with van der Waals surface area (Å²) in [6.07, 6.45) is 1.63. The standard InChI is InChI=1S/C21H21F2N3O2/c1-13-9-14(2)11-15(10-13)19(27)26(21(3,4)5)25(12-24)20(28)16-7-6-8-17(22)18(16)23/h6-11H,1-5H3. The SMILES string of the molecule is Cc1cc(C)cc(C(=O)N(N(C#N)C(=O)c2cccc(F)c2F)C(C)(C)C)c1. The summed E-state index contributed by atoms with van der Waals surface area (Å²) >= 11 is 0. The van der Waals surface area contributed by atoms with Gasteiger partial charge in [0.25, 0.3) is 11.8 Å². The van der Waals surface area contributed by atoms with Gasteiger partial charge in [-0.25, -0.2) is 13.8 Å². The van der Waals surface area contributed by atoms with Gasteiger partial charge < -0.3 is 0 Å². The van der Waals surface area contributed by atoms with Crippen molar-refractivity contribution in [3.63, 3.8) is 0 Å². The summed E-state index contributed by atoms with van der Waals surface area (Å²) in [5, 5.41) is 11.0. The molecule has 0 N–H and O–H groups in total. The highest BCUT2D eigenvalue weighted by atomic mass is 19.2. The van der Waals surface area contributed by atoms with Crippen molar-refractivity contribution in [2.75, 3.05) is 0 Å². The van der Waals surface area contributed by atoms with E-state index in [1.165, 1.54) is 0 Å². The lowest BCUT2D eigenvalue weighted by molar-refractivity contribution is -0.0169. The van der Waals surface area contributed by atoms with E-state index in [1.54, 1.807) is 39.1 Å². The fourth-order valence-electron chi connectivity index (χ4n) is 2.88. The van der Waals surface area contributed by atoms with Crippen molar-refractivity contribution < 1.29 is 18.4 Å². The molecule has 0 aliphatic rings. The maximum Gasteiger partial charge on any atom is 0.289 e. The molecule has 0 aliphatic carbocycles. The Hall–Kier alpha value is -3.27. The van der Waals surface area contributed by atoms with E-state index in [0.717, 1.165) is 34.3 Å². The van der Waals surface area contributed by atoms with Gasteiger partial charge in [0, 0.05) is 5.56 Å². The van der Waals surface area contributed by atoms with Crippen LogP contribution in [0.25, 0.3) is 0 Å². The average molecular weight is 385 g/mol. The van der Waals surface area contributed by atoms with E-state index >= 15 is 0 Å². The molecule has 0 aliphatic heterocycles. The first-order valence-corrected chi connectivity index (χ1v) is 8.58. The molecule has 0 unspecified atom stereocenters. The van der Waals surface area contributed by atoms with Gasteiger partial charge in [0.1, 0.15) is 0 Å². The third-order valence-electron chi connectivity index (χ3n) is 3.97. The Morgan fingerprint density at radius 1 is 1.00 bits per heavy atom. The van der Waals surface area contributed by atoms with Crippen LogP contribution in [0.5, 0.6) is 0 Å². The number of aryl methyl sites for hydroxylation is 2. The highest BCUT2D eigenvalue weighted by Gasteiger charge is 2.37. The zero-order valence-electron chi connectivity index (χ0n) is 16.4. The summed E-state index contributed by atoms with van der Waals surface area (Å²) in [5.41, 5.74) is 0.319. The van der Waals surface area contributed by atoms with Gasteiger partial charge in [0.05, 0.1) is 11.1 Å². The van der Waals surface area contributed by atoms with E-state index in [9.17, 15) is 23.6 Å². The van der Waals surface area contributed by atoms with Gasteiger partial charge in [0.2, 0.25) is 6.19 Å². The van der Waals surface area contributed by atoms with E-state index < -0.39 is 34.6 Å². The van der Waals surface area contributed by atoms with Crippen molar-refractivity contribution >= 4 is 11.8 Å². The number of hydrazine groups is 1. The predicted octanol–water partition coefficient (Wildman–Crippen LogP) is 4.36. The van der Waals surface area contributed by atoms with Crippen molar-refractivity contribution in [1.29, 1.82) is 5.26 Å². The highest BCUT2D eigenvalue weighted by molar-refractivity contribution is 6.00. The van der Waals surface area contributed by atoms with Crippen LogP contribution in [0.1, 0.15) is 52.6 Å². The molecular formula is C21H21F2N3O2. The molecule has 0 spiro atoms. The van der Waals surface area contributed by atoms with Crippen molar-refractivity contribution in [2.24, 2.45) is 0 Å². The van der Waals surface area contributed by atoms with Crippen LogP contribution in [-0.2, 0) is 0 Å². The van der Waals surface area contributed by atoms with Crippen molar-refractivity contribution in [3.05, 3.63) is 70.3 Å². The van der Waals surface area contributed by atoms with Crippen LogP contribution in [-0.4, -0.2) is 27.4 Å². The molecule has 2 rings (SSSR count). The minimum atomic E-state index is -1.37. The van der Waals surface area contributed by atoms with Gasteiger partial charge in [-0.05, 0) is 58.9 Å². The monoisotopic (exact) mass is 385 g/mol. The maximum atomic E-state index is 14.1. The molecule has 0 aromatic heterocycles. The third kappa shape index (κ3) is 4.17. The summed E-state index contributed by atoms with van der Waals surface area (Å²) in [6, 6.07) is 8.24. The van der Waals surface area contributed by atoms with Gasteiger partial charge in [-0.2, -0.15) is 5.26 Å². The van der Waals surface area contributed by atoms with E-state index in [0.29, 0.717) is 5.01 Å². The first-order valence-electron chi connectivity index (χ1n) is 8.58. The molecule has 2 aromatic carbocycles. The van der Waals surface area contributed by atoms with E-state index in [1.807, 2.05) is 19.9 Å². The number of nitrogens with zero attached hydrogens (tertiary/aromatic N) is 3. The smallest absolute Gasteiger partial charge is 0.267 e. The molecule has 0 saturated heterocycles. The summed E-state index contributed by atoms with van der Waals surface area (Å²) in [4.78, 5) is 26.0. The van der Waals surface area contributed by atoms with Gasteiger partial charge in [-0.1, -0.05) is 23.3 Å². The summed E-state index contributed by atoms with van der Waals surface area (Å²) < 4.78 is 27.6. The second kappa shape index (κ2) is 7.77. The first-order chi connectivity index (χ1) is 13.0. The normalized spacial score (nSPS) is 10.9. The molecule has 7 heteroatoms. The third-order valence-corrected chi connectivity index (χ3v) is 3.97. The Kier molecular flexibility index (Phi) is 5.84. The lowest BCUT2D eigenvalue weighted by atomic mass is 10.0. The van der Waals surface area contributed by atoms with E-state index in [-0.39, 0.29) is 5.56 Å². The maximum absolute atomic E-state index is 14.1. The second-order valence-electron chi connectivity index (χ2n) is 7.48. The molecule has 2 aromatic rings. The Bertz CT molecular complexity index is 954. The minimum absolute atomic E-state index is 0.278. The number of rotatable bonds is 2. The Balaban J connectivity index is 2.57. The zero-order chi connectivity index (χ0) is 21.2. The largest absolute Gasteiger partial charge is 0.289 e. The van der Waals surface area contributed by atoms with Crippen LogP contribution in [0.4, 0.5) is 8.78 Å². The number of carbonyl (C=O) groups excluding carboxylic acids is 2.